The Morgan fingerprint density at radius 2 is 1.70 bits per heavy atom. The van der Waals surface area contributed by atoms with Crippen LogP contribution in [0.2, 0.25) is 0 Å². The van der Waals surface area contributed by atoms with Crippen molar-refractivity contribution >= 4 is 28.3 Å². The third-order valence-corrected chi connectivity index (χ3v) is 3.95. The van der Waals surface area contributed by atoms with Crippen LogP contribution in [0.25, 0.3) is 0 Å². The number of nitrogens with one attached hydrogen (secondary N) is 1. The molecule has 0 aliphatic carbocycles. The van der Waals surface area contributed by atoms with Crippen LogP contribution in [0, 0.1) is 6.92 Å². The second-order valence-corrected chi connectivity index (χ2v) is 5.99. The van der Waals surface area contributed by atoms with Gasteiger partial charge in [0.05, 0.1) is 18.2 Å². The summed E-state index contributed by atoms with van der Waals surface area (Å²) < 4.78 is 11.9. The normalized spacial score (nSPS) is 10.1. The lowest BCUT2D eigenvalue weighted by molar-refractivity contribution is 0.308. The first-order chi connectivity index (χ1) is 10.6. The number of halogens is 2. The minimum absolute atomic E-state index is 0. The molecule has 0 unspecified atom stereocenters. The van der Waals surface area contributed by atoms with Gasteiger partial charge in [0.25, 0.3) is 0 Å². The van der Waals surface area contributed by atoms with Gasteiger partial charge in [-0.15, -0.1) is 12.4 Å². The van der Waals surface area contributed by atoms with E-state index in [1.807, 2.05) is 13.0 Å². The van der Waals surface area contributed by atoms with Gasteiger partial charge in [-0.05, 0) is 53.0 Å². The van der Waals surface area contributed by atoms with Crippen LogP contribution in [0.5, 0.6) is 11.5 Å². The third-order valence-electron chi connectivity index (χ3n) is 3.36. The van der Waals surface area contributed by atoms with Crippen LogP contribution < -0.4 is 14.8 Å². The molecule has 0 aliphatic heterocycles. The van der Waals surface area contributed by atoms with E-state index in [-0.39, 0.29) is 12.4 Å². The maximum Gasteiger partial charge on any atom is 0.175 e. The van der Waals surface area contributed by atoms with E-state index in [0.29, 0.717) is 6.61 Å². The number of methoxy groups -OCH3 is 1. The number of aryl methyl sites for hydroxylation is 1. The number of rotatable bonds is 7. The Morgan fingerprint density at radius 3 is 2.30 bits per heavy atom. The minimum Gasteiger partial charge on any atom is -0.493 e. The van der Waals surface area contributed by atoms with Crippen molar-refractivity contribution in [2.45, 2.75) is 26.9 Å². The Bertz CT molecular complexity index is 617. The second kappa shape index (κ2) is 9.81. The summed E-state index contributed by atoms with van der Waals surface area (Å²) in [5.74, 6) is 1.51. The van der Waals surface area contributed by atoms with Crippen molar-refractivity contribution < 1.29 is 9.47 Å². The highest BCUT2D eigenvalue weighted by Crippen LogP contribution is 2.36. The molecular formula is C18H23BrClNO2. The molecule has 3 nitrogen and oxygen atoms in total. The van der Waals surface area contributed by atoms with Crippen LogP contribution in [0.3, 0.4) is 0 Å². The van der Waals surface area contributed by atoms with Gasteiger partial charge < -0.3 is 14.8 Å². The molecule has 2 rings (SSSR count). The van der Waals surface area contributed by atoms with E-state index in [2.05, 4.69) is 58.5 Å². The Morgan fingerprint density at radius 1 is 1.04 bits per heavy atom. The van der Waals surface area contributed by atoms with Gasteiger partial charge in [-0.1, -0.05) is 29.8 Å². The second-order valence-electron chi connectivity index (χ2n) is 5.13. The summed E-state index contributed by atoms with van der Waals surface area (Å²) in [6, 6.07) is 12.6. The molecule has 0 amide bonds. The van der Waals surface area contributed by atoms with Crippen molar-refractivity contribution in [2.24, 2.45) is 0 Å². The summed E-state index contributed by atoms with van der Waals surface area (Å²) in [5, 5.41) is 3.45. The molecule has 1 N–H and O–H groups in total. The van der Waals surface area contributed by atoms with E-state index < -0.39 is 0 Å². The van der Waals surface area contributed by atoms with Crippen LogP contribution in [-0.2, 0) is 13.1 Å². The molecule has 0 atom stereocenters. The lowest BCUT2D eigenvalue weighted by Crippen LogP contribution is -2.13. The number of benzene rings is 2. The van der Waals surface area contributed by atoms with Crippen molar-refractivity contribution in [1.29, 1.82) is 0 Å². The standard InChI is InChI=1S/C18H22BrNO2.ClH/c1-4-22-18-16(19)9-15(10-17(18)21-3)12-20-11-14-7-5-13(2)6-8-14;/h5-10,20H,4,11-12H2,1-3H3;1H. The van der Waals surface area contributed by atoms with E-state index >= 15 is 0 Å². The molecular weight excluding hydrogens is 378 g/mol. The summed E-state index contributed by atoms with van der Waals surface area (Å²) in [7, 11) is 1.66. The van der Waals surface area contributed by atoms with Gasteiger partial charge >= 0.3 is 0 Å². The fourth-order valence-electron chi connectivity index (χ4n) is 2.22. The number of hydrogen-bond donors (Lipinski definition) is 1. The molecule has 0 heterocycles. The van der Waals surface area contributed by atoms with Gasteiger partial charge in [-0.25, -0.2) is 0 Å². The molecule has 0 radical (unpaired) electrons. The summed E-state index contributed by atoms with van der Waals surface area (Å²) in [4.78, 5) is 0. The summed E-state index contributed by atoms with van der Waals surface area (Å²) in [5.41, 5.74) is 3.71. The average molecular weight is 401 g/mol. The number of hydrogen-bond acceptors (Lipinski definition) is 3. The molecule has 126 valence electrons. The van der Waals surface area contributed by atoms with Crippen LogP contribution in [0.15, 0.2) is 40.9 Å². The first-order valence-corrected chi connectivity index (χ1v) is 8.18. The molecule has 0 saturated carbocycles. The summed E-state index contributed by atoms with van der Waals surface area (Å²) in [6.45, 7) is 6.28. The topological polar surface area (TPSA) is 30.5 Å². The highest BCUT2D eigenvalue weighted by atomic mass is 79.9. The van der Waals surface area contributed by atoms with Gasteiger partial charge in [0.15, 0.2) is 11.5 Å². The molecule has 2 aromatic rings. The molecule has 0 bridgehead atoms. The predicted molar refractivity (Wildman–Crippen MR) is 101 cm³/mol. The zero-order valence-corrected chi connectivity index (χ0v) is 16.1. The summed E-state index contributed by atoms with van der Waals surface area (Å²) >= 11 is 3.55. The van der Waals surface area contributed by atoms with Crippen molar-refractivity contribution in [1.82, 2.24) is 5.32 Å². The summed E-state index contributed by atoms with van der Waals surface area (Å²) in [6.07, 6.45) is 0. The Balaban J connectivity index is 0.00000264. The quantitative estimate of drug-likeness (QED) is 0.719. The SMILES string of the molecule is CCOc1c(Br)cc(CNCc2ccc(C)cc2)cc1OC.Cl. The fraction of sp³-hybridized carbons (Fsp3) is 0.333. The highest BCUT2D eigenvalue weighted by Gasteiger charge is 2.11. The van der Waals surface area contributed by atoms with E-state index in [1.54, 1.807) is 7.11 Å². The first-order valence-electron chi connectivity index (χ1n) is 7.39. The number of ether oxygens (including phenoxy) is 2. The highest BCUT2D eigenvalue weighted by molar-refractivity contribution is 9.10. The van der Waals surface area contributed by atoms with Crippen molar-refractivity contribution in [3.8, 4) is 11.5 Å². The van der Waals surface area contributed by atoms with E-state index in [9.17, 15) is 0 Å². The van der Waals surface area contributed by atoms with Crippen LogP contribution >= 0.6 is 28.3 Å². The maximum atomic E-state index is 5.61. The molecule has 0 fully saturated rings. The lowest BCUT2D eigenvalue weighted by atomic mass is 10.1. The minimum atomic E-state index is 0. The van der Waals surface area contributed by atoms with Gasteiger partial charge in [0.2, 0.25) is 0 Å². The average Bonchev–Trinajstić information content (AvgIpc) is 2.51. The zero-order chi connectivity index (χ0) is 15.9. The molecule has 0 aliphatic rings. The van der Waals surface area contributed by atoms with E-state index in [0.717, 1.165) is 34.6 Å². The van der Waals surface area contributed by atoms with Gasteiger partial charge in [-0.2, -0.15) is 0 Å². The van der Waals surface area contributed by atoms with Gasteiger partial charge in [-0.3, -0.25) is 0 Å². The maximum absolute atomic E-state index is 5.61. The monoisotopic (exact) mass is 399 g/mol. The molecule has 0 spiro atoms. The van der Waals surface area contributed by atoms with Crippen molar-refractivity contribution in [2.75, 3.05) is 13.7 Å². The molecule has 0 saturated heterocycles. The zero-order valence-electron chi connectivity index (χ0n) is 13.7. The largest absolute Gasteiger partial charge is 0.493 e. The van der Waals surface area contributed by atoms with Crippen LogP contribution in [-0.4, -0.2) is 13.7 Å². The van der Waals surface area contributed by atoms with Crippen molar-refractivity contribution in [3.63, 3.8) is 0 Å². The third kappa shape index (κ3) is 5.72. The molecule has 2 aromatic carbocycles. The molecule has 23 heavy (non-hydrogen) atoms. The smallest absolute Gasteiger partial charge is 0.175 e. The van der Waals surface area contributed by atoms with E-state index in [1.165, 1.54) is 11.1 Å². The van der Waals surface area contributed by atoms with Gasteiger partial charge in [0.1, 0.15) is 0 Å². The van der Waals surface area contributed by atoms with E-state index in [4.69, 9.17) is 9.47 Å². The fourth-order valence-corrected chi connectivity index (χ4v) is 2.82. The van der Waals surface area contributed by atoms with Crippen molar-refractivity contribution in [3.05, 3.63) is 57.6 Å². The Kier molecular flexibility index (Phi) is 8.45. The first kappa shape index (κ1) is 19.8. The van der Waals surface area contributed by atoms with Crippen LogP contribution in [0.1, 0.15) is 23.6 Å². The Hall–Kier alpha value is -1.23. The Labute approximate surface area is 152 Å². The molecule has 5 heteroatoms. The van der Waals surface area contributed by atoms with Gasteiger partial charge in [0, 0.05) is 13.1 Å². The predicted octanol–water partition coefficient (Wildman–Crippen LogP) is 4.88. The lowest BCUT2D eigenvalue weighted by Gasteiger charge is -2.14. The van der Waals surface area contributed by atoms with Crippen LogP contribution in [0.4, 0.5) is 0 Å². The molecule has 0 aromatic heterocycles.